The van der Waals surface area contributed by atoms with Crippen LogP contribution in [0.5, 0.6) is 0 Å². The third-order valence-corrected chi connectivity index (χ3v) is 5.30. The van der Waals surface area contributed by atoms with Crippen LogP contribution in [0.4, 0.5) is 0 Å². The number of hydrogen-bond donors (Lipinski definition) is 1. The van der Waals surface area contributed by atoms with Crippen molar-refractivity contribution >= 4 is 10.1 Å². The van der Waals surface area contributed by atoms with Crippen LogP contribution in [0, 0.1) is 5.92 Å². The molecule has 0 spiro atoms. The minimum atomic E-state index is -3.92. The molecule has 2 unspecified atom stereocenters. The van der Waals surface area contributed by atoms with Crippen LogP contribution in [0.3, 0.4) is 0 Å². The quantitative estimate of drug-likeness (QED) is 0.379. The smallest absolute Gasteiger partial charge is 0.0916 e. The lowest BCUT2D eigenvalue weighted by Gasteiger charge is -2.29. The summed E-state index contributed by atoms with van der Waals surface area (Å²) < 4.78 is 27.2. The number of likely N-dealkylation sites (tertiary alicyclic amines) is 1. The van der Waals surface area contributed by atoms with E-state index in [1.165, 1.54) is 110 Å². The molecule has 1 fully saturated rings. The van der Waals surface area contributed by atoms with Crippen LogP contribution in [-0.2, 0) is 10.1 Å². The van der Waals surface area contributed by atoms with E-state index in [1.54, 1.807) is 0 Å². The van der Waals surface area contributed by atoms with Gasteiger partial charge < -0.3 is 9.45 Å². The minimum absolute atomic E-state index is 0.604. The highest BCUT2D eigenvalue weighted by molar-refractivity contribution is 7.84. The standard InChI is InChI=1S/C20H41N.CH4O3S/c1-3-5-6-7-8-9-10-11-12-13-17-21-18-14-16-20(19-21)15-4-2;1-5(2,3)4/h20H,3-19H2,1-2H3;1H3,(H,2,3,4). The van der Waals surface area contributed by atoms with Crippen LogP contribution in [0.25, 0.3) is 0 Å². The third-order valence-electron chi connectivity index (χ3n) is 5.30. The van der Waals surface area contributed by atoms with Gasteiger partial charge in [-0.05, 0) is 32.1 Å². The maximum atomic E-state index is 9.08. The number of nitrogens with one attached hydrogen (secondary N) is 1. The van der Waals surface area contributed by atoms with Gasteiger partial charge in [-0.15, -0.1) is 0 Å². The van der Waals surface area contributed by atoms with Crippen molar-refractivity contribution in [2.75, 3.05) is 25.9 Å². The van der Waals surface area contributed by atoms with Crippen LogP contribution in [0.1, 0.15) is 104 Å². The summed E-state index contributed by atoms with van der Waals surface area (Å²) in [4.78, 5) is 1.92. The number of unbranched alkanes of at least 4 members (excludes halogenated alkanes) is 9. The lowest BCUT2D eigenvalue weighted by Crippen LogP contribution is -3.13. The Balaban J connectivity index is 0.00000110. The van der Waals surface area contributed by atoms with Gasteiger partial charge in [0, 0.05) is 12.2 Å². The first-order valence-electron chi connectivity index (χ1n) is 11.1. The molecule has 1 N–H and O–H groups in total. The predicted octanol–water partition coefficient (Wildman–Crippen LogP) is 4.16. The highest BCUT2D eigenvalue weighted by atomic mass is 32.2. The van der Waals surface area contributed by atoms with Gasteiger partial charge in [-0.3, -0.25) is 0 Å². The molecule has 1 rings (SSSR count). The molecular formula is C21H45NO3S. The van der Waals surface area contributed by atoms with Gasteiger partial charge in [-0.1, -0.05) is 71.6 Å². The van der Waals surface area contributed by atoms with Gasteiger partial charge in [0.05, 0.1) is 29.8 Å². The van der Waals surface area contributed by atoms with E-state index in [1.807, 2.05) is 4.90 Å². The van der Waals surface area contributed by atoms with Gasteiger partial charge in [-0.25, -0.2) is 8.42 Å². The molecule has 0 radical (unpaired) electrons. The maximum Gasteiger partial charge on any atom is 0.0916 e. The maximum absolute atomic E-state index is 9.08. The zero-order valence-corrected chi connectivity index (χ0v) is 18.5. The molecule has 4 nitrogen and oxygen atoms in total. The molecule has 1 aliphatic rings. The number of rotatable bonds is 13. The molecular weight excluding hydrogens is 346 g/mol. The summed E-state index contributed by atoms with van der Waals surface area (Å²) in [7, 11) is -3.92. The number of piperidine rings is 1. The molecule has 2 atom stereocenters. The Bertz CT molecular complexity index is 388. The zero-order chi connectivity index (χ0) is 19.7. The Labute approximate surface area is 163 Å². The molecule has 1 saturated heterocycles. The van der Waals surface area contributed by atoms with Crippen LogP contribution >= 0.6 is 0 Å². The highest BCUT2D eigenvalue weighted by Gasteiger charge is 2.21. The van der Waals surface area contributed by atoms with Crippen LogP contribution in [0.15, 0.2) is 0 Å². The van der Waals surface area contributed by atoms with E-state index in [2.05, 4.69) is 13.8 Å². The molecule has 5 heteroatoms. The summed E-state index contributed by atoms with van der Waals surface area (Å²) in [5.41, 5.74) is 0. The van der Waals surface area contributed by atoms with Crippen LogP contribution < -0.4 is 4.90 Å². The predicted molar refractivity (Wildman–Crippen MR) is 111 cm³/mol. The van der Waals surface area contributed by atoms with E-state index in [4.69, 9.17) is 13.0 Å². The van der Waals surface area contributed by atoms with Gasteiger partial charge >= 0.3 is 0 Å². The van der Waals surface area contributed by atoms with Crippen LogP contribution in [0.2, 0.25) is 0 Å². The highest BCUT2D eigenvalue weighted by Crippen LogP contribution is 2.14. The average Bonchev–Trinajstić information content (AvgIpc) is 2.56. The molecule has 26 heavy (non-hydrogen) atoms. The van der Waals surface area contributed by atoms with Crippen molar-refractivity contribution in [2.24, 2.45) is 5.92 Å². The molecule has 0 aromatic carbocycles. The second-order valence-electron chi connectivity index (χ2n) is 8.14. The van der Waals surface area contributed by atoms with E-state index in [9.17, 15) is 0 Å². The summed E-state index contributed by atoms with van der Waals surface area (Å²) in [6.45, 7) is 9.03. The van der Waals surface area contributed by atoms with Gasteiger partial charge in [0.2, 0.25) is 0 Å². The molecule has 1 aliphatic heterocycles. The molecule has 158 valence electrons. The monoisotopic (exact) mass is 391 g/mol. The second kappa shape index (κ2) is 17.0. The molecule has 1 heterocycles. The first kappa shape index (κ1) is 25.9. The van der Waals surface area contributed by atoms with Crippen molar-refractivity contribution in [1.29, 1.82) is 0 Å². The number of hydrogen-bond acceptors (Lipinski definition) is 3. The first-order chi connectivity index (χ1) is 12.4. The van der Waals surface area contributed by atoms with Crippen molar-refractivity contribution in [1.82, 2.24) is 0 Å². The molecule has 0 bridgehead atoms. The Morgan fingerprint density at radius 2 is 1.38 bits per heavy atom. The van der Waals surface area contributed by atoms with Crippen molar-refractivity contribution in [3.63, 3.8) is 0 Å². The normalized spacial score (nSPS) is 20.5. The van der Waals surface area contributed by atoms with E-state index < -0.39 is 10.1 Å². The van der Waals surface area contributed by atoms with E-state index >= 15 is 0 Å². The molecule has 0 saturated carbocycles. The Kier molecular flexibility index (Phi) is 16.9. The van der Waals surface area contributed by atoms with Crippen molar-refractivity contribution in [2.45, 2.75) is 104 Å². The van der Waals surface area contributed by atoms with Gasteiger partial charge in [0.25, 0.3) is 0 Å². The van der Waals surface area contributed by atoms with E-state index in [0.717, 1.165) is 5.92 Å². The Hall–Kier alpha value is -0.130. The minimum Gasteiger partial charge on any atom is -0.748 e. The van der Waals surface area contributed by atoms with Gasteiger partial charge in [-0.2, -0.15) is 0 Å². The summed E-state index contributed by atoms with van der Waals surface area (Å²) in [6.07, 6.45) is 21.1. The largest absolute Gasteiger partial charge is 0.748 e. The summed E-state index contributed by atoms with van der Waals surface area (Å²) >= 11 is 0. The molecule has 0 amide bonds. The summed E-state index contributed by atoms with van der Waals surface area (Å²) in [6, 6.07) is 0. The summed E-state index contributed by atoms with van der Waals surface area (Å²) in [5, 5.41) is 0. The lowest BCUT2D eigenvalue weighted by atomic mass is 9.93. The topological polar surface area (TPSA) is 61.6 Å². The fourth-order valence-electron chi connectivity index (χ4n) is 4.00. The number of quaternary nitrogens is 1. The van der Waals surface area contributed by atoms with E-state index in [-0.39, 0.29) is 0 Å². The van der Waals surface area contributed by atoms with Crippen LogP contribution in [-0.4, -0.2) is 38.9 Å². The van der Waals surface area contributed by atoms with Gasteiger partial charge in [0.1, 0.15) is 0 Å². The lowest BCUT2D eigenvalue weighted by molar-refractivity contribution is -0.909. The first-order valence-corrected chi connectivity index (χ1v) is 12.9. The third kappa shape index (κ3) is 20.2. The zero-order valence-electron chi connectivity index (χ0n) is 17.7. The Morgan fingerprint density at radius 3 is 1.88 bits per heavy atom. The van der Waals surface area contributed by atoms with E-state index in [0.29, 0.717) is 6.26 Å². The van der Waals surface area contributed by atoms with Gasteiger partial charge in [0.15, 0.2) is 0 Å². The van der Waals surface area contributed by atoms with Crippen molar-refractivity contribution in [3.8, 4) is 0 Å². The SMILES string of the molecule is CCCCCCCCCCCC[NH+]1CCCC(CCC)C1.CS(=O)(=O)[O-]. The molecule has 0 aromatic rings. The molecule has 0 aromatic heterocycles. The second-order valence-corrected chi connectivity index (χ2v) is 9.55. The molecule has 0 aliphatic carbocycles. The van der Waals surface area contributed by atoms with Crippen molar-refractivity contribution in [3.05, 3.63) is 0 Å². The fraction of sp³-hybridized carbons (Fsp3) is 1.00. The fourth-order valence-corrected chi connectivity index (χ4v) is 4.00. The average molecular weight is 392 g/mol. The Morgan fingerprint density at radius 1 is 0.885 bits per heavy atom. The van der Waals surface area contributed by atoms with Crippen molar-refractivity contribution < 1.29 is 17.9 Å². The summed E-state index contributed by atoms with van der Waals surface area (Å²) in [5.74, 6) is 1.04.